The molecule has 0 fully saturated rings. The highest BCUT2D eigenvalue weighted by molar-refractivity contribution is 7.89. The third-order valence-corrected chi connectivity index (χ3v) is 5.69. The number of aromatic nitrogens is 1. The lowest BCUT2D eigenvalue weighted by Crippen LogP contribution is -2.36. The predicted octanol–water partition coefficient (Wildman–Crippen LogP) is 1.91. The Hall–Kier alpha value is -2.39. The molecule has 0 atom stereocenters. The molecule has 1 aromatic heterocycles. The number of hydrogen-bond donors (Lipinski definition) is 1. The second-order valence-electron chi connectivity index (χ2n) is 5.96. The highest BCUT2D eigenvalue weighted by atomic mass is 32.2. The van der Waals surface area contributed by atoms with Gasteiger partial charge in [0.25, 0.3) is 0 Å². The fourth-order valence-electron chi connectivity index (χ4n) is 2.67. The van der Waals surface area contributed by atoms with Crippen LogP contribution in [0.4, 0.5) is 0 Å². The molecule has 2 aromatic rings. The van der Waals surface area contributed by atoms with E-state index >= 15 is 0 Å². The molecule has 25 heavy (non-hydrogen) atoms. The van der Waals surface area contributed by atoms with Crippen LogP contribution in [-0.2, 0) is 23.0 Å². The fraction of sp³-hybridized carbons (Fsp3) is 0.375. The van der Waals surface area contributed by atoms with Crippen LogP contribution in [0.5, 0.6) is 5.75 Å². The highest BCUT2D eigenvalue weighted by Crippen LogP contribution is 2.28. The highest BCUT2D eigenvalue weighted by Gasteiger charge is 2.33. The van der Waals surface area contributed by atoms with Gasteiger partial charge >= 0.3 is 5.97 Å². The van der Waals surface area contributed by atoms with Gasteiger partial charge in [0.05, 0.1) is 11.0 Å². The number of carbonyl (C=O) groups is 1. The monoisotopic (exact) mass is 366 g/mol. The number of hydrogen-bond acceptors (Lipinski definition) is 6. The van der Waals surface area contributed by atoms with E-state index in [0.717, 1.165) is 0 Å². The van der Waals surface area contributed by atoms with Crippen LogP contribution in [0.25, 0.3) is 0 Å². The van der Waals surface area contributed by atoms with E-state index in [4.69, 9.17) is 14.4 Å². The lowest BCUT2D eigenvalue weighted by Gasteiger charge is -2.25. The molecular weight excluding hydrogens is 348 g/mol. The summed E-state index contributed by atoms with van der Waals surface area (Å²) in [6.07, 6.45) is 0.273. The van der Waals surface area contributed by atoms with Crippen molar-refractivity contribution < 1.29 is 27.6 Å². The van der Waals surface area contributed by atoms with Gasteiger partial charge in [-0.25, -0.2) is 13.2 Å². The maximum absolute atomic E-state index is 12.8. The Morgan fingerprint density at radius 1 is 1.32 bits per heavy atom. The molecule has 9 heteroatoms. The van der Waals surface area contributed by atoms with Crippen LogP contribution >= 0.6 is 0 Å². The summed E-state index contributed by atoms with van der Waals surface area (Å²) in [6.45, 7) is 3.89. The number of sulfonamides is 1. The van der Waals surface area contributed by atoms with Gasteiger partial charge < -0.3 is 14.4 Å². The number of carboxylic acid groups (broad SMARTS) is 1. The van der Waals surface area contributed by atoms with Gasteiger partial charge in [0.15, 0.2) is 5.69 Å². The minimum atomic E-state index is -3.75. The van der Waals surface area contributed by atoms with Crippen LogP contribution in [0, 0.1) is 0 Å². The smallest absolute Gasteiger partial charge is 0.358 e. The molecule has 0 spiro atoms. The third-order valence-electron chi connectivity index (χ3n) is 3.83. The largest absolute Gasteiger partial charge is 0.491 e. The van der Waals surface area contributed by atoms with Gasteiger partial charge in [0.2, 0.25) is 10.0 Å². The van der Waals surface area contributed by atoms with Crippen molar-refractivity contribution in [1.29, 1.82) is 0 Å². The second-order valence-corrected chi connectivity index (χ2v) is 7.90. The first-order valence-electron chi connectivity index (χ1n) is 7.76. The fourth-order valence-corrected chi connectivity index (χ4v) is 4.08. The summed E-state index contributed by atoms with van der Waals surface area (Å²) < 4.78 is 37.4. The first kappa shape index (κ1) is 17.4. The summed E-state index contributed by atoms with van der Waals surface area (Å²) in [5.74, 6) is -0.231. The number of nitrogens with zero attached hydrogens (tertiary/aromatic N) is 2. The molecule has 3 rings (SSSR count). The molecule has 0 bridgehead atoms. The lowest BCUT2D eigenvalue weighted by molar-refractivity contribution is 0.0684. The van der Waals surface area contributed by atoms with Gasteiger partial charge in [0.1, 0.15) is 11.5 Å². The third kappa shape index (κ3) is 3.38. The Bertz CT molecular complexity index is 886. The molecule has 0 saturated heterocycles. The van der Waals surface area contributed by atoms with Crippen molar-refractivity contribution in [2.24, 2.45) is 0 Å². The van der Waals surface area contributed by atoms with Crippen LogP contribution in [0.3, 0.4) is 0 Å². The van der Waals surface area contributed by atoms with E-state index in [1.54, 1.807) is 12.1 Å². The van der Waals surface area contributed by atoms with Gasteiger partial charge in [0, 0.05) is 25.1 Å². The van der Waals surface area contributed by atoms with Crippen molar-refractivity contribution in [3.8, 4) is 5.75 Å². The summed E-state index contributed by atoms with van der Waals surface area (Å²) >= 11 is 0. The topological polar surface area (TPSA) is 110 Å². The minimum Gasteiger partial charge on any atom is -0.491 e. The zero-order valence-electron chi connectivity index (χ0n) is 13.8. The number of fused-ring (bicyclic) bond motifs is 1. The van der Waals surface area contributed by atoms with Crippen molar-refractivity contribution in [3.05, 3.63) is 41.3 Å². The first-order chi connectivity index (χ1) is 11.8. The van der Waals surface area contributed by atoms with Gasteiger partial charge in [-0.3, -0.25) is 0 Å². The minimum absolute atomic E-state index is 0.00833. The molecule has 0 unspecified atom stereocenters. The number of ether oxygens (including phenoxy) is 1. The molecule has 8 nitrogen and oxygen atoms in total. The maximum atomic E-state index is 12.8. The normalized spacial score (nSPS) is 15.2. The number of benzene rings is 1. The molecular formula is C16H18N2O6S. The Kier molecular flexibility index (Phi) is 4.53. The number of rotatable bonds is 5. The number of carboxylic acids is 1. The van der Waals surface area contributed by atoms with E-state index in [9.17, 15) is 13.2 Å². The standard InChI is InChI=1S/C16H18N2O6S/c1-10(2)23-11-3-5-12(6-4-11)25(21,22)18-8-7-14-13(9-18)15(16(19)20)17-24-14/h3-6,10H,7-9H2,1-2H3,(H,19,20). The quantitative estimate of drug-likeness (QED) is 0.860. The van der Waals surface area contributed by atoms with Crippen LogP contribution in [0.1, 0.15) is 35.7 Å². The van der Waals surface area contributed by atoms with Gasteiger partial charge in [-0.15, -0.1) is 0 Å². The van der Waals surface area contributed by atoms with E-state index in [2.05, 4.69) is 5.16 Å². The molecule has 1 aliphatic rings. The maximum Gasteiger partial charge on any atom is 0.358 e. The van der Waals surface area contributed by atoms with E-state index < -0.39 is 16.0 Å². The Balaban J connectivity index is 1.85. The Morgan fingerprint density at radius 3 is 2.60 bits per heavy atom. The van der Waals surface area contributed by atoms with E-state index in [0.29, 0.717) is 17.1 Å². The van der Waals surface area contributed by atoms with E-state index in [-0.39, 0.29) is 36.2 Å². The predicted molar refractivity (Wildman–Crippen MR) is 87.0 cm³/mol. The van der Waals surface area contributed by atoms with Gasteiger partial charge in [-0.1, -0.05) is 5.16 Å². The summed E-state index contributed by atoms with van der Waals surface area (Å²) in [4.78, 5) is 11.3. The van der Waals surface area contributed by atoms with Crippen LogP contribution < -0.4 is 4.74 Å². The molecule has 1 aliphatic heterocycles. The first-order valence-corrected chi connectivity index (χ1v) is 9.20. The average molecular weight is 366 g/mol. The van der Waals surface area contributed by atoms with Crippen molar-refractivity contribution in [3.63, 3.8) is 0 Å². The second kappa shape index (κ2) is 6.49. The number of aromatic carboxylic acids is 1. The summed E-state index contributed by atoms with van der Waals surface area (Å²) in [5.41, 5.74) is 0.0673. The molecule has 134 valence electrons. The van der Waals surface area contributed by atoms with Crippen LogP contribution in [0.2, 0.25) is 0 Å². The van der Waals surface area contributed by atoms with Crippen LogP contribution in [0.15, 0.2) is 33.7 Å². The molecule has 0 amide bonds. The molecule has 0 saturated carbocycles. The summed E-state index contributed by atoms with van der Waals surface area (Å²) in [6, 6.07) is 6.16. The van der Waals surface area contributed by atoms with E-state index in [1.807, 2.05) is 13.8 Å². The zero-order chi connectivity index (χ0) is 18.2. The lowest BCUT2D eigenvalue weighted by atomic mass is 10.1. The Morgan fingerprint density at radius 2 is 2.00 bits per heavy atom. The molecule has 1 N–H and O–H groups in total. The van der Waals surface area contributed by atoms with E-state index in [1.165, 1.54) is 16.4 Å². The van der Waals surface area contributed by atoms with Crippen molar-refractivity contribution in [2.75, 3.05) is 6.54 Å². The van der Waals surface area contributed by atoms with Gasteiger partial charge in [-0.05, 0) is 38.1 Å². The molecule has 2 heterocycles. The average Bonchev–Trinajstić information content (AvgIpc) is 2.98. The SMILES string of the molecule is CC(C)Oc1ccc(S(=O)(=O)N2CCc3onc(C(=O)O)c3C2)cc1. The zero-order valence-corrected chi connectivity index (χ0v) is 14.6. The van der Waals surface area contributed by atoms with Crippen molar-refractivity contribution in [1.82, 2.24) is 9.46 Å². The van der Waals surface area contributed by atoms with Crippen molar-refractivity contribution in [2.45, 2.75) is 37.8 Å². The summed E-state index contributed by atoms with van der Waals surface area (Å²) in [5, 5.41) is 12.6. The van der Waals surface area contributed by atoms with Crippen molar-refractivity contribution >= 4 is 16.0 Å². The van der Waals surface area contributed by atoms with Crippen LogP contribution in [-0.4, -0.2) is 41.6 Å². The van der Waals surface area contributed by atoms with Gasteiger partial charge in [-0.2, -0.15) is 4.31 Å². The Labute approximate surface area is 145 Å². The summed E-state index contributed by atoms with van der Waals surface area (Å²) in [7, 11) is -3.75. The molecule has 0 radical (unpaired) electrons. The molecule has 1 aromatic carbocycles. The molecule has 0 aliphatic carbocycles.